The number of para-hydroxylation sites is 1. The minimum Gasteiger partial charge on any atom is -0.345 e. The van der Waals surface area contributed by atoms with Crippen molar-refractivity contribution in [2.45, 2.75) is 18.8 Å². The number of benzene rings is 2. The number of H-pyrrole nitrogens is 2. The van der Waals surface area contributed by atoms with Gasteiger partial charge in [-0.05, 0) is 43.2 Å². The van der Waals surface area contributed by atoms with Gasteiger partial charge >= 0.3 is 0 Å². The van der Waals surface area contributed by atoms with Crippen LogP contribution in [0.5, 0.6) is 0 Å². The Morgan fingerprint density at radius 2 is 1.86 bits per heavy atom. The van der Waals surface area contributed by atoms with Crippen molar-refractivity contribution in [2.75, 3.05) is 10.6 Å². The average molecular weight is 382 g/mol. The number of aromatic amines is 2. The summed E-state index contributed by atoms with van der Waals surface area (Å²) in [7, 11) is 0. The SMILES string of the molecule is c1ccc2c(Nc3cc(C4CC4)[nH]n3)nc(Nc3ccc4[nH]cnc4c3)nc2c1. The first-order valence-electron chi connectivity index (χ1n) is 9.61. The average Bonchev–Trinajstić information content (AvgIpc) is 3.30. The van der Waals surface area contributed by atoms with Crippen LogP contribution in [-0.4, -0.2) is 30.1 Å². The maximum Gasteiger partial charge on any atom is 0.229 e. The number of nitrogens with zero attached hydrogens (tertiary/aromatic N) is 4. The van der Waals surface area contributed by atoms with Crippen molar-refractivity contribution in [1.29, 1.82) is 0 Å². The Bertz CT molecular complexity index is 1330. The molecule has 0 aliphatic heterocycles. The fourth-order valence-corrected chi connectivity index (χ4v) is 3.49. The molecule has 142 valence electrons. The fourth-order valence-electron chi connectivity index (χ4n) is 3.49. The van der Waals surface area contributed by atoms with Gasteiger partial charge in [0.25, 0.3) is 0 Å². The molecule has 0 spiro atoms. The van der Waals surface area contributed by atoms with Crippen LogP contribution in [0.15, 0.2) is 54.9 Å². The zero-order chi connectivity index (χ0) is 19.2. The van der Waals surface area contributed by atoms with Gasteiger partial charge in [-0.2, -0.15) is 10.1 Å². The number of rotatable bonds is 5. The molecule has 0 bridgehead atoms. The summed E-state index contributed by atoms with van der Waals surface area (Å²) in [4.78, 5) is 16.8. The number of nitrogens with one attached hydrogen (secondary N) is 4. The van der Waals surface area contributed by atoms with Crippen LogP contribution in [0.2, 0.25) is 0 Å². The first-order valence-corrected chi connectivity index (χ1v) is 9.61. The quantitative estimate of drug-likeness (QED) is 0.354. The van der Waals surface area contributed by atoms with E-state index in [-0.39, 0.29) is 0 Å². The molecule has 29 heavy (non-hydrogen) atoms. The smallest absolute Gasteiger partial charge is 0.229 e. The van der Waals surface area contributed by atoms with E-state index in [2.05, 4.69) is 41.8 Å². The Kier molecular flexibility index (Phi) is 3.49. The molecule has 0 radical (unpaired) electrons. The highest BCUT2D eigenvalue weighted by Gasteiger charge is 2.25. The monoisotopic (exact) mass is 382 g/mol. The van der Waals surface area contributed by atoms with E-state index in [1.54, 1.807) is 6.33 Å². The van der Waals surface area contributed by atoms with Gasteiger partial charge < -0.3 is 15.6 Å². The van der Waals surface area contributed by atoms with E-state index in [4.69, 9.17) is 4.98 Å². The number of hydrogen-bond acceptors (Lipinski definition) is 6. The molecule has 6 rings (SSSR count). The van der Waals surface area contributed by atoms with Crippen molar-refractivity contribution in [3.8, 4) is 0 Å². The summed E-state index contributed by atoms with van der Waals surface area (Å²) in [5.74, 6) is 2.61. The Hall–Kier alpha value is -3.94. The third-order valence-corrected chi connectivity index (χ3v) is 5.14. The van der Waals surface area contributed by atoms with Crippen molar-refractivity contribution < 1.29 is 0 Å². The lowest BCUT2D eigenvalue weighted by atomic mass is 10.2. The number of imidazole rings is 1. The zero-order valence-electron chi connectivity index (χ0n) is 15.5. The second-order valence-electron chi connectivity index (χ2n) is 7.28. The van der Waals surface area contributed by atoms with Crippen LogP contribution in [-0.2, 0) is 0 Å². The van der Waals surface area contributed by atoms with E-state index < -0.39 is 0 Å². The lowest BCUT2D eigenvalue weighted by Crippen LogP contribution is -2.02. The van der Waals surface area contributed by atoms with Gasteiger partial charge in [0.05, 0.1) is 22.9 Å². The van der Waals surface area contributed by atoms with Crippen molar-refractivity contribution in [1.82, 2.24) is 30.1 Å². The first kappa shape index (κ1) is 16.1. The molecule has 0 amide bonds. The fraction of sp³-hybridized carbons (Fsp3) is 0.143. The molecule has 0 unspecified atom stereocenters. The predicted octanol–water partition coefficient (Wildman–Crippen LogP) is 4.59. The second kappa shape index (κ2) is 6.30. The molecular weight excluding hydrogens is 364 g/mol. The summed E-state index contributed by atoms with van der Waals surface area (Å²) < 4.78 is 0. The summed E-state index contributed by atoms with van der Waals surface area (Å²) in [5.41, 5.74) is 4.78. The van der Waals surface area contributed by atoms with Gasteiger partial charge in [-0.3, -0.25) is 5.10 Å². The maximum absolute atomic E-state index is 4.71. The summed E-state index contributed by atoms with van der Waals surface area (Å²) in [6.07, 6.45) is 4.14. The molecule has 1 fully saturated rings. The molecule has 1 aliphatic rings. The van der Waals surface area contributed by atoms with Gasteiger partial charge in [-0.15, -0.1) is 0 Å². The zero-order valence-corrected chi connectivity index (χ0v) is 15.5. The minimum atomic E-state index is 0.513. The molecule has 1 saturated carbocycles. The van der Waals surface area contributed by atoms with E-state index in [9.17, 15) is 0 Å². The van der Waals surface area contributed by atoms with Crippen LogP contribution in [0.25, 0.3) is 21.9 Å². The molecule has 3 aromatic heterocycles. The van der Waals surface area contributed by atoms with E-state index in [1.807, 2.05) is 42.5 Å². The molecule has 3 heterocycles. The molecule has 0 saturated heterocycles. The summed E-state index contributed by atoms with van der Waals surface area (Å²) in [6, 6.07) is 15.9. The van der Waals surface area contributed by atoms with E-state index in [1.165, 1.54) is 18.5 Å². The Morgan fingerprint density at radius 3 is 2.79 bits per heavy atom. The number of aromatic nitrogens is 6. The molecular formula is C21H18N8. The molecule has 5 aromatic rings. The first-order chi connectivity index (χ1) is 14.3. The van der Waals surface area contributed by atoms with Crippen LogP contribution in [0.1, 0.15) is 24.5 Å². The second-order valence-corrected chi connectivity index (χ2v) is 7.28. The normalized spacial score (nSPS) is 13.8. The van der Waals surface area contributed by atoms with Gasteiger partial charge in [-0.1, -0.05) is 12.1 Å². The van der Waals surface area contributed by atoms with Crippen molar-refractivity contribution in [3.05, 3.63) is 60.6 Å². The number of fused-ring (bicyclic) bond motifs is 2. The largest absolute Gasteiger partial charge is 0.345 e. The Morgan fingerprint density at radius 1 is 0.931 bits per heavy atom. The lowest BCUT2D eigenvalue weighted by molar-refractivity contribution is 0.966. The lowest BCUT2D eigenvalue weighted by Gasteiger charge is -2.10. The van der Waals surface area contributed by atoms with Crippen molar-refractivity contribution in [2.24, 2.45) is 0 Å². The van der Waals surface area contributed by atoms with E-state index >= 15 is 0 Å². The van der Waals surface area contributed by atoms with Crippen molar-refractivity contribution in [3.63, 3.8) is 0 Å². The van der Waals surface area contributed by atoms with Gasteiger partial charge in [0.15, 0.2) is 5.82 Å². The molecule has 8 heteroatoms. The van der Waals surface area contributed by atoms with E-state index in [0.29, 0.717) is 17.7 Å². The molecule has 2 aromatic carbocycles. The number of anilines is 4. The number of hydrogen-bond donors (Lipinski definition) is 4. The van der Waals surface area contributed by atoms with Crippen LogP contribution < -0.4 is 10.6 Å². The van der Waals surface area contributed by atoms with Crippen LogP contribution in [0.4, 0.5) is 23.3 Å². The molecule has 4 N–H and O–H groups in total. The highest BCUT2D eigenvalue weighted by molar-refractivity contribution is 5.92. The van der Waals surface area contributed by atoms with E-state index in [0.717, 1.165) is 33.4 Å². The summed E-state index contributed by atoms with van der Waals surface area (Å²) in [6.45, 7) is 0. The van der Waals surface area contributed by atoms with Crippen LogP contribution in [0.3, 0.4) is 0 Å². The third-order valence-electron chi connectivity index (χ3n) is 5.14. The Labute approximate surface area is 165 Å². The highest BCUT2D eigenvalue weighted by Crippen LogP contribution is 2.39. The van der Waals surface area contributed by atoms with Gasteiger partial charge in [0.2, 0.25) is 5.95 Å². The standard InChI is InChI=1S/C21H18N8/c1-2-4-15-14(3-1)20(26-19-10-17(28-29-19)12-5-6-12)27-21(25-15)24-13-7-8-16-18(9-13)23-11-22-16/h1-4,7-12H,5-6H2,(H,22,23)(H3,24,25,26,27,28,29). The van der Waals surface area contributed by atoms with Gasteiger partial charge in [0.1, 0.15) is 5.82 Å². The Balaban J connectivity index is 1.37. The molecule has 8 nitrogen and oxygen atoms in total. The minimum absolute atomic E-state index is 0.513. The summed E-state index contributed by atoms with van der Waals surface area (Å²) >= 11 is 0. The highest BCUT2D eigenvalue weighted by atomic mass is 15.2. The third kappa shape index (κ3) is 3.04. The summed E-state index contributed by atoms with van der Waals surface area (Å²) in [5, 5.41) is 15.1. The topological polar surface area (TPSA) is 107 Å². The van der Waals surface area contributed by atoms with Gasteiger partial charge in [0, 0.05) is 28.8 Å². The van der Waals surface area contributed by atoms with Crippen LogP contribution >= 0.6 is 0 Å². The predicted molar refractivity (Wildman–Crippen MR) is 113 cm³/mol. The molecule has 1 aliphatic carbocycles. The van der Waals surface area contributed by atoms with Crippen LogP contribution in [0, 0.1) is 0 Å². The molecule has 0 atom stereocenters. The maximum atomic E-state index is 4.71. The van der Waals surface area contributed by atoms with Gasteiger partial charge in [-0.25, -0.2) is 9.97 Å². The van der Waals surface area contributed by atoms with Crippen molar-refractivity contribution >= 4 is 45.2 Å².